The molecule has 0 aliphatic carbocycles. The Kier molecular flexibility index (Phi) is 5.34. The second-order valence-electron chi connectivity index (χ2n) is 6.34. The Morgan fingerprint density at radius 1 is 1.18 bits per heavy atom. The van der Waals surface area contributed by atoms with Crippen LogP contribution in [0.3, 0.4) is 0 Å². The predicted molar refractivity (Wildman–Crippen MR) is 102 cm³/mol. The van der Waals surface area contributed by atoms with E-state index in [0.717, 1.165) is 5.56 Å². The minimum absolute atomic E-state index is 0.142. The maximum absolute atomic E-state index is 13.3. The van der Waals surface area contributed by atoms with Gasteiger partial charge in [0.2, 0.25) is 5.82 Å². The van der Waals surface area contributed by atoms with E-state index in [9.17, 15) is 4.79 Å². The molecule has 4 rings (SSSR count). The van der Waals surface area contributed by atoms with E-state index in [2.05, 4.69) is 10.1 Å². The number of rotatable bonds is 5. The van der Waals surface area contributed by atoms with Gasteiger partial charge in [0, 0.05) is 12.1 Å². The predicted octanol–water partition coefficient (Wildman–Crippen LogP) is 3.35. The van der Waals surface area contributed by atoms with Crippen LogP contribution in [0.4, 0.5) is 0 Å². The van der Waals surface area contributed by atoms with E-state index in [1.165, 1.54) is 0 Å². The van der Waals surface area contributed by atoms with Crippen molar-refractivity contribution < 1.29 is 18.8 Å². The van der Waals surface area contributed by atoms with Crippen LogP contribution in [0.15, 0.2) is 59.1 Å². The molecule has 2 heterocycles. The smallest absolute Gasteiger partial charge is 0.258 e. The molecule has 7 heteroatoms. The number of carbonyl (C=O) groups excluding carboxylic acids is 1. The van der Waals surface area contributed by atoms with Crippen molar-refractivity contribution in [3.05, 3.63) is 66.1 Å². The molecular weight excluding hydrogens is 358 g/mol. The highest BCUT2D eigenvalue weighted by atomic mass is 16.5. The Bertz CT molecular complexity index is 942. The van der Waals surface area contributed by atoms with Gasteiger partial charge in [-0.25, -0.2) is 0 Å². The zero-order chi connectivity index (χ0) is 19.3. The molecule has 0 bridgehead atoms. The fraction of sp³-hybridized carbons (Fsp3) is 0.286. The molecule has 1 aliphatic heterocycles. The van der Waals surface area contributed by atoms with E-state index < -0.39 is 6.04 Å². The molecule has 0 spiro atoms. The lowest BCUT2D eigenvalue weighted by atomic mass is 10.1. The highest BCUT2D eigenvalue weighted by Gasteiger charge is 2.34. The molecule has 1 atom stereocenters. The molecule has 2 aromatic carbocycles. The summed E-state index contributed by atoms with van der Waals surface area (Å²) < 4.78 is 16.7. The Balaban J connectivity index is 1.62. The summed E-state index contributed by atoms with van der Waals surface area (Å²) in [6.07, 6.45) is 0. The highest BCUT2D eigenvalue weighted by molar-refractivity contribution is 5.97. The van der Waals surface area contributed by atoms with E-state index in [1.54, 1.807) is 17.0 Å². The molecule has 1 saturated heterocycles. The molecule has 1 amide bonds. The summed E-state index contributed by atoms with van der Waals surface area (Å²) in [6, 6.07) is 16.4. The lowest BCUT2D eigenvalue weighted by Gasteiger charge is -2.33. The first-order valence-corrected chi connectivity index (χ1v) is 9.27. The van der Waals surface area contributed by atoms with Crippen LogP contribution in [0.25, 0.3) is 11.4 Å². The number of benzene rings is 2. The van der Waals surface area contributed by atoms with Crippen LogP contribution in [0, 0.1) is 0 Å². The van der Waals surface area contributed by atoms with E-state index in [-0.39, 0.29) is 5.91 Å². The third kappa shape index (κ3) is 3.61. The van der Waals surface area contributed by atoms with Crippen LogP contribution >= 0.6 is 0 Å². The van der Waals surface area contributed by atoms with Gasteiger partial charge in [0.1, 0.15) is 11.8 Å². The van der Waals surface area contributed by atoms with Crippen LogP contribution in [-0.4, -0.2) is 47.3 Å². The average molecular weight is 379 g/mol. The Hall–Kier alpha value is -3.19. The molecule has 0 radical (unpaired) electrons. The van der Waals surface area contributed by atoms with Crippen molar-refractivity contribution in [1.82, 2.24) is 15.0 Å². The van der Waals surface area contributed by atoms with E-state index in [4.69, 9.17) is 14.0 Å². The Morgan fingerprint density at radius 2 is 1.96 bits per heavy atom. The Morgan fingerprint density at radius 3 is 2.79 bits per heavy atom. The monoisotopic (exact) mass is 379 g/mol. The van der Waals surface area contributed by atoms with Crippen molar-refractivity contribution in [1.29, 1.82) is 0 Å². The summed E-state index contributed by atoms with van der Waals surface area (Å²) in [5.74, 6) is 1.27. The topological polar surface area (TPSA) is 77.7 Å². The standard InChI is InChI=1S/C21H21N3O4/c1-2-27-18-11-7-6-10-16(18)21(25)24-12-13-26-14-17(24)20-22-19(23-28-20)15-8-4-3-5-9-15/h3-11,17H,2,12-14H2,1H3. The highest BCUT2D eigenvalue weighted by Crippen LogP contribution is 2.29. The number of hydrogen-bond donors (Lipinski definition) is 0. The zero-order valence-corrected chi connectivity index (χ0v) is 15.6. The van der Waals surface area contributed by atoms with Crippen LogP contribution in [0.5, 0.6) is 5.75 Å². The lowest BCUT2D eigenvalue weighted by molar-refractivity contribution is -0.0120. The molecule has 1 aliphatic rings. The van der Waals surface area contributed by atoms with Crippen molar-refractivity contribution >= 4 is 5.91 Å². The van der Waals surface area contributed by atoms with Crippen molar-refractivity contribution in [2.45, 2.75) is 13.0 Å². The molecular formula is C21H21N3O4. The maximum Gasteiger partial charge on any atom is 0.258 e. The van der Waals surface area contributed by atoms with Crippen LogP contribution in [-0.2, 0) is 4.74 Å². The number of carbonyl (C=O) groups is 1. The summed E-state index contributed by atoms with van der Waals surface area (Å²) in [5, 5.41) is 4.07. The Labute approximate surface area is 162 Å². The molecule has 1 aromatic heterocycles. The first-order valence-electron chi connectivity index (χ1n) is 9.27. The molecule has 144 valence electrons. The van der Waals surface area contributed by atoms with Crippen LogP contribution in [0.2, 0.25) is 0 Å². The van der Waals surface area contributed by atoms with Crippen molar-refractivity contribution in [3.8, 4) is 17.1 Å². The molecule has 1 fully saturated rings. The fourth-order valence-electron chi connectivity index (χ4n) is 3.21. The van der Waals surface area contributed by atoms with Gasteiger partial charge in [0.05, 0.1) is 25.4 Å². The first-order chi connectivity index (χ1) is 13.8. The van der Waals surface area contributed by atoms with Gasteiger partial charge < -0.3 is 18.9 Å². The van der Waals surface area contributed by atoms with Crippen molar-refractivity contribution in [2.24, 2.45) is 0 Å². The summed E-state index contributed by atoms with van der Waals surface area (Å²) >= 11 is 0. The van der Waals surface area contributed by atoms with E-state index >= 15 is 0 Å². The third-order valence-electron chi connectivity index (χ3n) is 4.57. The van der Waals surface area contributed by atoms with Gasteiger partial charge >= 0.3 is 0 Å². The van der Waals surface area contributed by atoms with Gasteiger partial charge in [-0.2, -0.15) is 4.98 Å². The minimum atomic E-state index is -0.444. The number of para-hydroxylation sites is 1. The van der Waals surface area contributed by atoms with Gasteiger partial charge in [-0.1, -0.05) is 47.6 Å². The maximum atomic E-state index is 13.3. The summed E-state index contributed by atoms with van der Waals surface area (Å²) in [7, 11) is 0. The summed E-state index contributed by atoms with van der Waals surface area (Å²) in [5.41, 5.74) is 1.37. The number of morpholine rings is 1. The second kappa shape index (κ2) is 8.22. The van der Waals surface area contributed by atoms with Gasteiger partial charge in [-0.3, -0.25) is 4.79 Å². The molecule has 7 nitrogen and oxygen atoms in total. The average Bonchev–Trinajstić information content (AvgIpc) is 3.25. The zero-order valence-electron chi connectivity index (χ0n) is 15.6. The molecule has 1 unspecified atom stereocenters. The van der Waals surface area contributed by atoms with Gasteiger partial charge in [0.15, 0.2) is 0 Å². The van der Waals surface area contributed by atoms with E-state index in [1.807, 2.05) is 49.4 Å². The molecule has 0 N–H and O–H groups in total. The lowest BCUT2D eigenvalue weighted by Crippen LogP contribution is -2.43. The number of aromatic nitrogens is 2. The summed E-state index contributed by atoms with van der Waals surface area (Å²) in [6.45, 7) is 3.58. The molecule has 3 aromatic rings. The molecule has 28 heavy (non-hydrogen) atoms. The second-order valence-corrected chi connectivity index (χ2v) is 6.34. The van der Waals surface area contributed by atoms with Crippen molar-refractivity contribution in [3.63, 3.8) is 0 Å². The van der Waals surface area contributed by atoms with Gasteiger partial charge in [0.25, 0.3) is 11.8 Å². The van der Waals surface area contributed by atoms with E-state index in [0.29, 0.717) is 49.4 Å². The van der Waals surface area contributed by atoms with Gasteiger partial charge in [-0.15, -0.1) is 0 Å². The fourth-order valence-corrected chi connectivity index (χ4v) is 3.21. The SMILES string of the molecule is CCOc1ccccc1C(=O)N1CCOCC1c1nc(-c2ccccc2)no1. The minimum Gasteiger partial charge on any atom is -0.493 e. The summed E-state index contributed by atoms with van der Waals surface area (Å²) in [4.78, 5) is 19.5. The first kappa shape index (κ1) is 18.2. The quantitative estimate of drug-likeness (QED) is 0.677. The van der Waals surface area contributed by atoms with Crippen LogP contribution in [0.1, 0.15) is 29.2 Å². The van der Waals surface area contributed by atoms with Gasteiger partial charge in [-0.05, 0) is 19.1 Å². The number of ether oxygens (including phenoxy) is 2. The number of amides is 1. The van der Waals surface area contributed by atoms with Crippen molar-refractivity contribution in [2.75, 3.05) is 26.4 Å². The largest absolute Gasteiger partial charge is 0.493 e. The molecule has 0 saturated carbocycles. The van der Waals surface area contributed by atoms with Crippen LogP contribution < -0.4 is 4.74 Å². The number of nitrogens with zero attached hydrogens (tertiary/aromatic N) is 3. The normalized spacial score (nSPS) is 16.8. The third-order valence-corrected chi connectivity index (χ3v) is 4.57. The number of hydrogen-bond acceptors (Lipinski definition) is 6.